The first-order chi connectivity index (χ1) is 11.5. The second kappa shape index (κ2) is 8.59. The van der Waals surface area contributed by atoms with Crippen LogP contribution in [0.15, 0.2) is 18.2 Å². The normalized spacial score (nSPS) is 10.5. The molecule has 0 unspecified atom stereocenters. The maximum absolute atomic E-state index is 12.0. The van der Waals surface area contributed by atoms with Gasteiger partial charge in [0.15, 0.2) is 0 Å². The van der Waals surface area contributed by atoms with E-state index in [0.717, 1.165) is 29.8 Å². The van der Waals surface area contributed by atoms with Crippen molar-refractivity contribution in [2.24, 2.45) is 0 Å². The molecule has 1 amide bonds. The highest BCUT2D eigenvalue weighted by Crippen LogP contribution is 2.22. The molecule has 0 aliphatic heterocycles. The first kappa shape index (κ1) is 18.1. The number of carbonyl (C=O) groups is 1. The average Bonchev–Trinajstić information content (AvgIpc) is 2.57. The van der Waals surface area contributed by atoms with Gasteiger partial charge >= 0.3 is 0 Å². The van der Waals surface area contributed by atoms with Gasteiger partial charge in [0.25, 0.3) is 0 Å². The molecular formula is C17H22ClN5O. The highest BCUT2D eigenvalue weighted by Gasteiger charge is 2.08. The van der Waals surface area contributed by atoms with E-state index in [1.165, 1.54) is 0 Å². The number of rotatable bonds is 7. The van der Waals surface area contributed by atoms with Crippen LogP contribution in [0, 0.1) is 6.92 Å². The van der Waals surface area contributed by atoms with Gasteiger partial charge in [-0.05, 0) is 37.5 Å². The number of benzene rings is 1. The van der Waals surface area contributed by atoms with E-state index in [-0.39, 0.29) is 12.3 Å². The molecule has 1 heterocycles. The van der Waals surface area contributed by atoms with Crippen molar-refractivity contribution in [3.63, 3.8) is 0 Å². The van der Waals surface area contributed by atoms with E-state index in [1.54, 1.807) is 6.07 Å². The van der Waals surface area contributed by atoms with Crippen LogP contribution >= 0.6 is 11.6 Å². The van der Waals surface area contributed by atoms with E-state index >= 15 is 0 Å². The minimum atomic E-state index is -0.123. The van der Waals surface area contributed by atoms with Gasteiger partial charge < -0.3 is 10.6 Å². The van der Waals surface area contributed by atoms with Crippen LogP contribution in [0.2, 0.25) is 5.02 Å². The van der Waals surface area contributed by atoms with E-state index in [1.807, 2.05) is 32.9 Å². The van der Waals surface area contributed by atoms with Gasteiger partial charge in [0.2, 0.25) is 11.9 Å². The Morgan fingerprint density at radius 1 is 1.17 bits per heavy atom. The molecule has 0 fully saturated rings. The van der Waals surface area contributed by atoms with Crippen LogP contribution in [0.3, 0.4) is 0 Å². The number of nitrogens with one attached hydrogen (secondary N) is 2. The first-order valence-electron chi connectivity index (χ1n) is 8.05. The van der Waals surface area contributed by atoms with Gasteiger partial charge in [-0.1, -0.05) is 31.5 Å². The van der Waals surface area contributed by atoms with Crippen LogP contribution in [0.4, 0.5) is 11.6 Å². The Morgan fingerprint density at radius 2 is 1.92 bits per heavy atom. The summed E-state index contributed by atoms with van der Waals surface area (Å²) in [6.07, 6.45) is 1.90. The number of nitrogens with zero attached hydrogens (tertiary/aromatic N) is 3. The summed E-state index contributed by atoms with van der Waals surface area (Å²) in [5.41, 5.74) is 3.51. The Bertz CT molecular complexity index is 720. The van der Waals surface area contributed by atoms with Gasteiger partial charge in [0.05, 0.1) is 22.1 Å². The highest BCUT2D eigenvalue weighted by molar-refractivity contribution is 6.33. The fourth-order valence-electron chi connectivity index (χ4n) is 2.23. The summed E-state index contributed by atoms with van der Waals surface area (Å²) >= 11 is 6.11. The van der Waals surface area contributed by atoms with Crippen LogP contribution in [0.25, 0.3) is 0 Å². The predicted molar refractivity (Wildman–Crippen MR) is 96.5 cm³/mol. The fraction of sp³-hybridized carbons (Fsp3) is 0.412. The van der Waals surface area contributed by atoms with E-state index < -0.39 is 0 Å². The number of halogens is 1. The van der Waals surface area contributed by atoms with Crippen LogP contribution in [0.5, 0.6) is 0 Å². The molecule has 2 N–H and O–H groups in total. The lowest BCUT2D eigenvalue weighted by molar-refractivity contribution is -0.115. The molecule has 1 aromatic heterocycles. The molecule has 0 aliphatic rings. The van der Waals surface area contributed by atoms with E-state index in [0.29, 0.717) is 23.2 Å². The molecule has 1 aromatic carbocycles. The molecule has 128 valence electrons. The molecular weight excluding hydrogens is 326 g/mol. The lowest BCUT2D eigenvalue weighted by Crippen LogP contribution is -2.18. The Labute approximate surface area is 147 Å². The third-order valence-corrected chi connectivity index (χ3v) is 3.86. The van der Waals surface area contributed by atoms with Gasteiger partial charge in [-0.25, -0.2) is 4.98 Å². The molecule has 0 bridgehead atoms. The SMILES string of the molecule is CCc1nnc(NCCC(=O)Nc2ccc(C)cc2Cl)nc1CC. The Kier molecular flexibility index (Phi) is 6.49. The molecule has 0 atom stereocenters. The van der Waals surface area contributed by atoms with Crippen molar-refractivity contribution in [1.29, 1.82) is 0 Å². The summed E-state index contributed by atoms with van der Waals surface area (Å²) < 4.78 is 0. The van der Waals surface area contributed by atoms with Crippen molar-refractivity contribution in [3.05, 3.63) is 40.2 Å². The van der Waals surface area contributed by atoms with Crippen molar-refractivity contribution >= 4 is 29.1 Å². The molecule has 24 heavy (non-hydrogen) atoms. The molecule has 0 radical (unpaired) electrons. The number of aryl methyl sites for hydroxylation is 3. The lowest BCUT2D eigenvalue weighted by Gasteiger charge is -2.09. The maximum Gasteiger partial charge on any atom is 0.242 e. The van der Waals surface area contributed by atoms with E-state index in [9.17, 15) is 4.79 Å². The van der Waals surface area contributed by atoms with Gasteiger partial charge in [0, 0.05) is 13.0 Å². The third-order valence-electron chi connectivity index (χ3n) is 3.54. The third kappa shape index (κ3) is 4.89. The second-order valence-corrected chi connectivity index (χ2v) is 5.85. The topological polar surface area (TPSA) is 79.8 Å². The van der Waals surface area contributed by atoms with Crippen molar-refractivity contribution in [2.45, 2.75) is 40.0 Å². The summed E-state index contributed by atoms with van der Waals surface area (Å²) in [5, 5.41) is 14.6. The van der Waals surface area contributed by atoms with Gasteiger partial charge in [-0.2, -0.15) is 5.10 Å². The monoisotopic (exact) mass is 347 g/mol. The summed E-state index contributed by atoms with van der Waals surface area (Å²) in [6, 6.07) is 5.52. The van der Waals surface area contributed by atoms with Crippen molar-refractivity contribution in [2.75, 3.05) is 17.2 Å². The summed E-state index contributed by atoms with van der Waals surface area (Å²) in [6.45, 7) is 6.43. The molecule has 0 spiro atoms. The zero-order valence-corrected chi connectivity index (χ0v) is 14.9. The number of hydrogen-bond acceptors (Lipinski definition) is 5. The standard InChI is InChI=1S/C17H22ClN5O/c1-4-13-14(5-2)22-23-17(21-13)19-9-8-16(24)20-15-7-6-11(3)10-12(15)18/h6-7,10H,4-5,8-9H2,1-3H3,(H,20,24)(H,19,21,23). The van der Waals surface area contributed by atoms with Gasteiger partial charge in [-0.3, -0.25) is 4.79 Å². The van der Waals surface area contributed by atoms with E-state index in [2.05, 4.69) is 25.8 Å². The Balaban J connectivity index is 1.86. The molecule has 2 aromatic rings. The second-order valence-electron chi connectivity index (χ2n) is 5.44. The minimum absolute atomic E-state index is 0.123. The maximum atomic E-state index is 12.0. The van der Waals surface area contributed by atoms with Gasteiger partial charge in [-0.15, -0.1) is 5.10 Å². The van der Waals surface area contributed by atoms with Crippen LogP contribution < -0.4 is 10.6 Å². The molecule has 0 saturated heterocycles. The summed E-state index contributed by atoms with van der Waals surface area (Å²) in [5.74, 6) is 0.326. The summed E-state index contributed by atoms with van der Waals surface area (Å²) in [4.78, 5) is 16.4. The quantitative estimate of drug-likeness (QED) is 0.802. The minimum Gasteiger partial charge on any atom is -0.352 e. The molecule has 0 aliphatic carbocycles. The van der Waals surface area contributed by atoms with Crippen molar-refractivity contribution in [1.82, 2.24) is 15.2 Å². The predicted octanol–water partition coefficient (Wildman–Crippen LogP) is 3.40. The van der Waals surface area contributed by atoms with Crippen molar-refractivity contribution < 1.29 is 4.79 Å². The zero-order chi connectivity index (χ0) is 17.5. The van der Waals surface area contributed by atoms with Gasteiger partial charge in [0.1, 0.15) is 0 Å². The number of hydrogen-bond donors (Lipinski definition) is 2. The Hall–Kier alpha value is -2.21. The molecule has 7 heteroatoms. The van der Waals surface area contributed by atoms with Crippen molar-refractivity contribution in [3.8, 4) is 0 Å². The number of anilines is 2. The molecule has 2 rings (SSSR count). The van der Waals surface area contributed by atoms with Crippen LogP contribution in [-0.2, 0) is 17.6 Å². The Morgan fingerprint density at radius 3 is 2.58 bits per heavy atom. The average molecular weight is 348 g/mol. The number of amides is 1. The lowest BCUT2D eigenvalue weighted by atomic mass is 10.2. The largest absolute Gasteiger partial charge is 0.352 e. The number of carbonyl (C=O) groups excluding carboxylic acids is 1. The first-order valence-corrected chi connectivity index (χ1v) is 8.43. The fourth-order valence-corrected chi connectivity index (χ4v) is 2.52. The highest BCUT2D eigenvalue weighted by atomic mass is 35.5. The number of aromatic nitrogens is 3. The zero-order valence-electron chi connectivity index (χ0n) is 14.2. The van der Waals surface area contributed by atoms with E-state index in [4.69, 9.17) is 11.6 Å². The van der Waals surface area contributed by atoms with Crippen LogP contribution in [-0.4, -0.2) is 27.6 Å². The smallest absolute Gasteiger partial charge is 0.242 e. The summed E-state index contributed by atoms with van der Waals surface area (Å²) in [7, 11) is 0. The molecule has 6 nitrogen and oxygen atoms in total. The molecule has 0 saturated carbocycles. The van der Waals surface area contributed by atoms with Crippen LogP contribution in [0.1, 0.15) is 37.2 Å².